The third-order valence-electron chi connectivity index (χ3n) is 3.80. The summed E-state index contributed by atoms with van der Waals surface area (Å²) in [5.74, 6) is 0. The topological polar surface area (TPSA) is 120 Å². The molecule has 3 rings (SSSR count). The SMILES string of the molecule is CP(=O)([O-])O[C@H]1O[C@@H]([n+]2cccc(C(=O)Sc3ccccc3)c2)[C@H](O)[C@@H]1O. The van der Waals surface area contributed by atoms with Gasteiger partial charge in [-0.15, -0.1) is 0 Å². The maximum Gasteiger partial charge on any atom is 0.294 e. The van der Waals surface area contributed by atoms with E-state index in [0.717, 1.165) is 23.3 Å². The van der Waals surface area contributed by atoms with Crippen LogP contribution >= 0.6 is 19.4 Å². The molecule has 0 amide bonds. The molecule has 1 unspecified atom stereocenters. The lowest BCUT2D eigenvalue weighted by Gasteiger charge is -2.23. The van der Waals surface area contributed by atoms with Gasteiger partial charge in [0, 0.05) is 17.6 Å². The minimum atomic E-state index is -4.17. The normalized spacial score (nSPS) is 27.3. The third-order valence-corrected chi connectivity index (χ3v) is 5.31. The first-order valence-electron chi connectivity index (χ1n) is 8.01. The van der Waals surface area contributed by atoms with E-state index < -0.39 is 32.3 Å². The standard InChI is InChI=1S/C17H18NO7PS/c1-26(22,23)25-17-14(20)13(19)15(24-17)18-9-5-6-11(10-18)16(21)27-12-7-3-2-4-8-12/h2-10,13-15,17,19-20H,1H3/t13-,14+,15-,17-/m1/s1. The number of aliphatic hydroxyl groups is 2. The number of nitrogens with zero attached hydrogens (tertiary/aromatic N) is 1. The Bertz CT molecular complexity index is 859. The first kappa shape index (κ1) is 20.2. The third kappa shape index (κ3) is 5.03. The minimum absolute atomic E-state index is 0.214. The fourth-order valence-corrected chi connectivity index (χ4v) is 3.87. The van der Waals surface area contributed by atoms with Gasteiger partial charge in [-0.1, -0.05) is 18.2 Å². The second kappa shape index (κ2) is 8.20. The Morgan fingerprint density at radius 2 is 1.93 bits per heavy atom. The van der Waals surface area contributed by atoms with Gasteiger partial charge in [-0.05, 0) is 30.0 Å². The van der Waals surface area contributed by atoms with Crippen molar-refractivity contribution in [3.05, 3.63) is 60.4 Å². The summed E-state index contributed by atoms with van der Waals surface area (Å²) in [6.07, 6.45) is -2.61. The fraction of sp³-hybridized carbons (Fsp3) is 0.294. The van der Waals surface area contributed by atoms with Crippen molar-refractivity contribution >= 4 is 24.5 Å². The van der Waals surface area contributed by atoms with Crippen molar-refractivity contribution in [1.82, 2.24) is 0 Å². The lowest BCUT2D eigenvalue weighted by Crippen LogP contribution is -2.46. The van der Waals surface area contributed by atoms with Gasteiger partial charge in [0.25, 0.3) is 6.23 Å². The van der Waals surface area contributed by atoms with Crippen LogP contribution in [0.25, 0.3) is 0 Å². The number of carbonyl (C=O) groups is 1. The van der Waals surface area contributed by atoms with Crippen LogP contribution in [0.4, 0.5) is 0 Å². The van der Waals surface area contributed by atoms with E-state index >= 15 is 0 Å². The largest absolute Gasteiger partial charge is 0.779 e. The van der Waals surface area contributed by atoms with Gasteiger partial charge in [-0.2, -0.15) is 4.57 Å². The number of pyridine rings is 1. The lowest BCUT2D eigenvalue weighted by molar-refractivity contribution is -0.767. The van der Waals surface area contributed by atoms with Crippen molar-refractivity contribution in [3.8, 4) is 0 Å². The molecule has 1 fully saturated rings. The number of thioether (sulfide) groups is 1. The maximum atomic E-state index is 12.5. The van der Waals surface area contributed by atoms with Gasteiger partial charge in [0.1, 0.15) is 13.7 Å². The molecule has 5 atom stereocenters. The fourth-order valence-electron chi connectivity index (χ4n) is 2.58. The monoisotopic (exact) mass is 411 g/mol. The first-order chi connectivity index (χ1) is 12.7. The number of aliphatic hydroxyl groups excluding tert-OH is 2. The van der Waals surface area contributed by atoms with Gasteiger partial charge in [0.05, 0.1) is 5.56 Å². The van der Waals surface area contributed by atoms with E-state index in [1.54, 1.807) is 12.1 Å². The average molecular weight is 411 g/mol. The van der Waals surface area contributed by atoms with Gasteiger partial charge >= 0.3 is 0 Å². The lowest BCUT2D eigenvalue weighted by atomic mass is 10.2. The molecule has 10 heteroatoms. The second-order valence-electron chi connectivity index (χ2n) is 6.00. The van der Waals surface area contributed by atoms with Crippen molar-refractivity contribution in [3.63, 3.8) is 0 Å². The zero-order valence-electron chi connectivity index (χ0n) is 14.2. The van der Waals surface area contributed by atoms with Crippen LogP contribution in [0.15, 0.2) is 59.8 Å². The molecule has 2 aromatic rings. The molecular weight excluding hydrogens is 393 g/mol. The molecule has 0 bridgehead atoms. The highest BCUT2D eigenvalue weighted by Gasteiger charge is 2.49. The zero-order chi connectivity index (χ0) is 19.6. The summed E-state index contributed by atoms with van der Waals surface area (Å²) in [4.78, 5) is 24.5. The molecule has 0 saturated carbocycles. The van der Waals surface area contributed by atoms with E-state index in [1.807, 2.05) is 30.3 Å². The average Bonchev–Trinajstić information content (AvgIpc) is 2.89. The van der Waals surface area contributed by atoms with Crippen LogP contribution in [-0.4, -0.2) is 40.5 Å². The van der Waals surface area contributed by atoms with Crippen molar-refractivity contribution in [2.45, 2.75) is 29.6 Å². The van der Waals surface area contributed by atoms with Crippen LogP contribution in [0.2, 0.25) is 0 Å². The predicted molar refractivity (Wildman–Crippen MR) is 93.8 cm³/mol. The van der Waals surface area contributed by atoms with Crippen molar-refractivity contribution in [2.75, 3.05) is 6.66 Å². The van der Waals surface area contributed by atoms with E-state index in [0.29, 0.717) is 5.56 Å². The van der Waals surface area contributed by atoms with Crippen LogP contribution < -0.4 is 9.46 Å². The highest BCUT2D eigenvalue weighted by Crippen LogP contribution is 2.39. The number of ether oxygens (including phenoxy) is 1. The van der Waals surface area contributed by atoms with Gasteiger partial charge in [-0.25, -0.2) is 0 Å². The Morgan fingerprint density at radius 1 is 1.22 bits per heavy atom. The molecule has 0 aliphatic carbocycles. The summed E-state index contributed by atoms with van der Waals surface area (Å²) < 4.78 is 22.7. The Morgan fingerprint density at radius 3 is 2.59 bits per heavy atom. The number of rotatable bonds is 5. The molecule has 1 aliphatic rings. The van der Waals surface area contributed by atoms with E-state index in [4.69, 9.17) is 4.74 Å². The molecule has 0 spiro atoms. The first-order valence-corrected chi connectivity index (χ1v) is 10.8. The smallest absolute Gasteiger partial charge is 0.294 e. The summed E-state index contributed by atoms with van der Waals surface area (Å²) in [7, 11) is -4.17. The molecule has 1 saturated heterocycles. The minimum Gasteiger partial charge on any atom is -0.779 e. The van der Waals surface area contributed by atoms with E-state index in [2.05, 4.69) is 4.52 Å². The Kier molecular flexibility index (Phi) is 6.12. The van der Waals surface area contributed by atoms with Crippen LogP contribution in [0.3, 0.4) is 0 Å². The Balaban J connectivity index is 1.77. The molecule has 8 nitrogen and oxygen atoms in total. The highest BCUT2D eigenvalue weighted by molar-refractivity contribution is 8.14. The second-order valence-corrected chi connectivity index (χ2v) is 8.80. The van der Waals surface area contributed by atoms with Crippen LogP contribution in [0, 0.1) is 0 Å². The molecule has 27 heavy (non-hydrogen) atoms. The van der Waals surface area contributed by atoms with Crippen molar-refractivity contribution in [2.24, 2.45) is 0 Å². The summed E-state index contributed by atoms with van der Waals surface area (Å²) in [5.41, 5.74) is 0.353. The Hall–Kier alpha value is -1.58. The predicted octanol–water partition coefficient (Wildman–Crippen LogP) is 0.683. The van der Waals surface area contributed by atoms with Crippen molar-refractivity contribution in [1.29, 1.82) is 0 Å². The molecule has 1 aliphatic heterocycles. The summed E-state index contributed by atoms with van der Waals surface area (Å²) >= 11 is 1.05. The molecular formula is C17H18NO7PS. The molecule has 2 heterocycles. The molecule has 0 radical (unpaired) electrons. The van der Waals surface area contributed by atoms with Gasteiger partial charge < -0.3 is 24.2 Å². The van der Waals surface area contributed by atoms with Crippen molar-refractivity contribution < 1.29 is 38.3 Å². The molecule has 1 aromatic heterocycles. The number of benzene rings is 1. The van der Waals surface area contributed by atoms with Gasteiger partial charge in [0.2, 0.25) is 5.12 Å². The van der Waals surface area contributed by atoms with Gasteiger partial charge in [-0.3, -0.25) is 9.53 Å². The quantitative estimate of drug-likeness (QED) is 0.419. The van der Waals surface area contributed by atoms with E-state index in [9.17, 15) is 24.5 Å². The van der Waals surface area contributed by atoms with Crippen LogP contribution in [0.5, 0.6) is 0 Å². The Labute approximate surface area is 159 Å². The number of aromatic nitrogens is 1. The zero-order valence-corrected chi connectivity index (χ0v) is 16.0. The summed E-state index contributed by atoms with van der Waals surface area (Å²) in [6, 6.07) is 12.3. The van der Waals surface area contributed by atoms with E-state index in [-0.39, 0.29) is 5.12 Å². The highest BCUT2D eigenvalue weighted by atomic mass is 32.2. The van der Waals surface area contributed by atoms with Crippen LogP contribution in [0.1, 0.15) is 16.6 Å². The van der Waals surface area contributed by atoms with Gasteiger partial charge in [0.15, 0.2) is 24.8 Å². The maximum absolute atomic E-state index is 12.5. The molecule has 2 N–H and O–H groups in total. The number of hydrogen-bond donors (Lipinski definition) is 2. The summed E-state index contributed by atoms with van der Waals surface area (Å²) in [5, 5.41) is 20.0. The molecule has 1 aromatic carbocycles. The number of hydrogen-bond acceptors (Lipinski definition) is 8. The van der Waals surface area contributed by atoms with E-state index in [1.165, 1.54) is 17.0 Å². The molecule has 144 valence electrons. The van der Waals surface area contributed by atoms with Crippen LogP contribution in [-0.2, 0) is 13.8 Å². The number of carbonyl (C=O) groups excluding carboxylic acids is 1. The summed E-state index contributed by atoms with van der Waals surface area (Å²) in [6.45, 7) is 0.843.